The van der Waals surface area contributed by atoms with Crippen molar-refractivity contribution in [2.45, 2.75) is 88.1 Å². The van der Waals surface area contributed by atoms with E-state index in [2.05, 4.69) is 34.4 Å². The standard InChI is InChI=1S/C40H50BrN3O7/c1-7-9-18-31(46)42-22-30(27-16-11-10-12-17-27)50-39(49)32-33-37(47)44(28(23-45)20-24(3)4)36(40(33)21-29(41)35(32)51-40)38(48)43(19-8-2)34-25(5)14-13-15-26(34)6/h7-8,10-17,24,28-30,32-33,35-36,45H,1-2,9,18-23H2,3-6H3,(H,42,46)/t28-,29?,30+,32+,33-,35+,36+,40-/m1/s1. The monoisotopic (exact) mass is 763 g/mol. The molecule has 2 bridgehead atoms. The number of carbonyl (C=O) groups is 4. The number of aliphatic hydroxyl groups is 1. The van der Waals surface area contributed by atoms with Gasteiger partial charge in [-0.1, -0.05) is 90.5 Å². The smallest absolute Gasteiger partial charge is 0.313 e. The minimum Gasteiger partial charge on any atom is -0.455 e. The van der Waals surface area contributed by atoms with Crippen LogP contribution >= 0.6 is 15.9 Å². The van der Waals surface area contributed by atoms with Crippen LogP contribution in [0.2, 0.25) is 0 Å². The van der Waals surface area contributed by atoms with E-state index in [0.717, 1.165) is 16.8 Å². The molecule has 2 N–H and O–H groups in total. The summed E-state index contributed by atoms with van der Waals surface area (Å²) >= 11 is 3.75. The van der Waals surface area contributed by atoms with E-state index in [4.69, 9.17) is 9.47 Å². The maximum Gasteiger partial charge on any atom is 0.313 e. The van der Waals surface area contributed by atoms with Crippen molar-refractivity contribution in [3.8, 4) is 0 Å². The normalized spacial score (nSPS) is 26.1. The second-order valence-corrected chi connectivity index (χ2v) is 15.5. The van der Waals surface area contributed by atoms with Gasteiger partial charge in [0, 0.05) is 23.5 Å². The van der Waals surface area contributed by atoms with Crippen LogP contribution in [-0.2, 0) is 28.7 Å². The highest BCUT2D eigenvalue weighted by Gasteiger charge is 2.77. The summed E-state index contributed by atoms with van der Waals surface area (Å²) in [5.41, 5.74) is 1.81. The van der Waals surface area contributed by atoms with Crippen LogP contribution in [0.15, 0.2) is 73.8 Å². The fraction of sp³-hybridized carbons (Fsp3) is 0.500. The number of esters is 1. The molecule has 274 valence electrons. The molecule has 0 saturated carbocycles. The number of aryl methyl sites for hydroxylation is 2. The highest BCUT2D eigenvalue weighted by Crippen LogP contribution is 2.61. The van der Waals surface area contributed by atoms with E-state index in [9.17, 15) is 19.5 Å². The molecule has 1 unspecified atom stereocenters. The molecule has 11 heteroatoms. The molecule has 8 atom stereocenters. The molecule has 2 aromatic rings. The summed E-state index contributed by atoms with van der Waals surface area (Å²) in [4.78, 5) is 59.8. The van der Waals surface area contributed by atoms with Gasteiger partial charge in [0.15, 0.2) is 0 Å². The molecule has 0 aliphatic carbocycles. The molecule has 3 aliphatic rings. The van der Waals surface area contributed by atoms with Gasteiger partial charge in [-0.15, -0.1) is 13.2 Å². The largest absolute Gasteiger partial charge is 0.455 e. The third kappa shape index (κ3) is 7.43. The number of rotatable bonds is 16. The number of alkyl halides is 1. The summed E-state index contributed by atoms with van der Waals surface area (Å²) in [6.07, 6.45) is 3.25. The van der Waals surface area contributed by atoms with E-state index in [1.807, 2.05) is 76.2 Å². The lowest BCUT2D eigenvalue weighted by Gasteiger charge is -2.40. The number of allylic oxidation sites excluding steroid dienone is 1. The Balaban J connectivity index is 1.55. The lowest BCUT2D eigenvalue weighted by Crippen LogP contribution is -2.59. The number of hydrogen-bond acceptors (Lipinski definition) is 7. The number of anilines is 1. The molecule has 1 spiro atoms. The Bertz CT molecular complexity index is 1610. The van der Waals surface area contributed by atoms with Crippen molar-refractivity contribution in [1.29, 1.82) is 0 Å². The van der Waals surface area contributed by atoms with Gasteiger partial charge in [-0.05, 0) is 55.7 Å². The van der Waals surface area contributed by atoms with E-state index >= 15 is 4.79 Å². The van der Waals surface area contributed by atoms with Gasteiger partial charge in [-0.2, -0.15) is 0 Å². The molecule has 3 saturated heterocycles. The average Bonchev–Trinajstić information content (AvgIpc) is 3.70. The summed E-state index contributed by atoms with van der Waals surface area (Å²) in [7, 11) is 0. The molecular weight excluding hydrogens is 714 g/mol. The first kappa shape index (κ1) is 38.4. The maximum atomic E-state index is 15.1. The lowest BCUT2D eigenvalue weighted by atomic mass is 9.70. The van der Waals surface area contributed by atoms with Crippen molar-refractivity contribution in [3.05, 3.63) is 90.5 Å². The third-order valence-corrected chi connectivity index (χ3v) is 11.2. The maximum absolute atomic E-state index is 15.1. The number of carbonyl (C=O) groups excluding carboxylic acids is 4. The topological polar surface area (TPSA) is 125 Å². The van der Waals surface area contributed by atoms with E-state index in [-0.39, 0.29) is 48.7 Å². The second kappa shape index (κ2) is 16.3. The van der Waals surface area contributed by atoms with E-state index in [0.29, 0.717) is 24.8 Å². The fourth-order valence-corrected chi connectivity index (χ4v) is 9.21. The van der Waals surface area contributed by atoms with Gasteiger partial charge in [0.1, 0.15) is 17.7 Å². The van der Waals surface area contributed by atoms with Crippen LogP contribution in [0, 0.1) is 31.6 Å². The molecule has 3 heterocycles. The van der Waals surface area contributed by atoms with Crippen LogP contribution in [0.25, 0.3) is 0 Å². The quantitative estimate of drug-likeness (QED) is 0.134. The average molecular weight is 765 g/mol. The van der Waals surface area contributed by atoms with Crippen molar-refractivity contribution in [2.75, 3.05) is 24.6 Å². The number of hydrogen-bond donors (Lipinski definition) is 2. The predicted molar refractivity (Wildman–Crippen MR) is 199 cm³/mol. The van der Waals surface area contributed by atoms with Crippen LogP contribution in [0.3, 0.4) is 0 Å². The molecule has 10 nitrogen and oxygen atoms in total. The number of nitrogens with one attached hydrogen (secondary N) is 1. The third-order valence-electron chi connectivity index (χ3n) is 10.4. The van der Waals surface area contributed by atoms with E-state index < -0.39 is 53.6 Å². The molecule has 51 heavy (non-hydrogen) atoms. The molecule has 3 amide bonds. The number of aliphatic hydroxyl groups excluding tert-OH is 1. The van der Waals surface area contributed by atoms with Gasteiger partial charge in [0.25, 0.3) is 5.91 Å². The highest BCUT2D eigenvalue weighted by molar-refractivity contribution is 9.09. The van der Waals surface area contributed by atoms with Gasteiger partial charge < -0.3 is 29.7 Å². The minimum absolute atomic E-state index is 0.0337. The number of likely N-dealkylation sites (tertiary alicyclic amines) is 1. The van der Waals surface area contributed by atoms with Crippen molar-refractivity contribution in [3.63, 3.8) is 0 Å². The zero-order valence-corrected chi connectivity index (χ0v) is 31.5. The number of benzene rings is 2. The second-order valence-electron chi connectivity index (χ2n) is 14.3. The number of nitrogens with zero attached hydrogens (tertiary/aromatic N) is 2. The van der Waals surface area contributed by atoms with Crippen molar-refractivity contribution >= 4 is 45.3 Å². The van der Waals surface area contributed by atoms with Crippen LogP contribution in [0.4, 0.5) is 5.69 Å². The summed E-state index contributed by atoms with van der Waals surface area (Å²) in [6.45, 7) is 15.3. The van der Waals surface area contributed by atoms with Crippen LogP contribution in [0.1, 0.15) is 62.3 Å². The predicted octanol–water partition coefficient (Wildman–Crippen LogP) is 5.34. The van der Waals surface area contributed by atoms with Gasteiger partial charge >= 0.3 is 5.97 Å². The molecule has 3 aliphatic heterocycles. The molecule has 0 aromatic heterocycles. The summed E-state index contributed by atoms with van der Waals surface area (Å²) in [5, 5.41) is 13.6. The summed E-state index contributed by atoms with van der Waals surface area (Å²) in [5.74, 6) is -3.58. The Hall–Kier alpha value is -3.80. The van der Waals surface area contributed by atoms with Crippen LogP contribution in [-0.4, -0.2) is 82.0 Å². The Morgan fingerprint density at radius 2 is 1.80 bits per heavy atom. The van der Waals surface area contributed by atoms with Crippen molar-refractivity contribution in [1.82, 2.24) is 10.2 Å². The number of halogens is 1. The SMILES string of the molecule is C=CCCC(=O)NC[C@H](OC(=O)[C@@H]1[C@H]2O[C@@]3(CC2Br)[C@H](C(=O)N(CC=C)c2c(C)cccc2C)N([C@@H](CO)CC(C)C)C(=O)[C@@H]13)c1ccccc1. The van der Waals surface area contributed by atoms with Gasteiger partial charge in [-0.3, -0.25) is 19.2 Å². The number of para-hydroxylation sites is 1. The molecule has 3 fully saturated rings. The Morgan fingerprint density at radius 3 is 2.41 bits per heavy atom. The van der Waals surface area contributed by atoms with E-state index in [1.54, 1.807) is 17.1 Å². The zero-order valence-electron chi connectivity index (χ0n) is 29.9. The Morgan fingerprint density at radius 1 is 1.12 bits per heavy atom. The molecule has 5 rings (SSSR count). The molecular formula is C40H50BrN3O7. The molecule has 2 aromatic carbocycles. The number of amides is 3. The van der Waals surface area contributed by atoms with Crippen molar-refractivity contribution < 1.29 is 33.8 Å². The summed E-state index contributed by atoms with van der Waals surface area (Å²) < 4.78 is 13.0. The Kier molecular flexibility index (Phi) is 12.2. The lowest BCUT2D eigenvalue weighted by molar-refractivity contribution is -0.161. The van der Waals surface area contributed by atoms with Gasteiger partial charge in [0.05, 0.1) is 37.1 Å². The minimum atomic E-state index is -1.36. The first-order valence-corrected chi connectivity index (χ1v) is 18.7. The van der Waals surface area contributed by atoms with E-state index in [1.165, 1.54) is 4.90 Å². The highest BCUT2D eigenvalue weighted by atomic mass is 79.9. The van der Waals surface area contributed by atoms with Gasteiger partial charge in [0.2, 0.25) is 11.8 Å². The van der Waals surface area contributed by atoms with Crippen LogP contribution < -0.4 is 10.2 Å². The first-order valence-electron chi connectivity index (χ1n) is 17.8. The summed E-state index contributed by atoms with van der Waals surface area (Å²) in [6, 6.07) is 13.1. The fourth-order valence-electron chi connectivity index (χ4n) is 8.27. The Labute approximate surface area is 309 Å². The first-order chi connectivity index (χ1) is 24.4. The number of fused-ring (bicyclic) bond motifs is 1. The molecule has 0 radical (unpaired) electrons. The van der Waals surface area contributed by atoms with Crippen molar-refractivity contribution in [2.24, 2.45) is 17.8 Å². The van der Waals surface area contributed by atoms with Crippen LogP contribution in [0.5, 0.6) is 0 Å². The van der Waals surface area contributed by atoms with Gasteiger partial charge in [-0.25, -0.2) is 0 Å². The zero-order chi connectivity index (χ0) is 37.0. The number of ether oxygens (including phenoxy) is 2.